The first-order chi connectivity index (χ1) is 7.38. The van der Waals surface area contributed by atoms with Crippen LogP contribution in [0.4, 0.5) is 0 Å². The minimum atomic E-state index is 0.479. The summed E-state index contributed by atoms with van der Waals surface area (Å²) in [6.45, 7) is 2.50. The third-order valence-electron chi connectivity index (χ3n) is 1.98. The third kappa shape index (κ3) is 2.62. The number of rotatable bonds is 5. The van der Waals surface area contributed by atoms with E-state index in [-0.39, 0.29) is 0 Å². The van der Waals surface area contributed by atoms with Crippen molar-refractivity contribution >= 4 is 0 Å². The third-order valence-corrected chi connectivity index (χ3v) is 1.98. The summed E-state index contributed by atoms with van der Waals surface area (Å²) in [7, 11) is 0. The van der Waals surface area contributed by atoms with Gasteiger partial charge in [0.05, 0.1) is 12.9 Å². The molecular weight excluding hydrogens is 194 g/mol. The molecule has 4 nitrogen and oxygen atoms in total. The lowest BCUT2D eigenvalue weighted by Gasteiger charge is -1.95. The SMILES string of the molecule is CCOc1cnc(CCc2ccco2)o1. The molecule has 0 saturated heterocycles. The second kappa shape index (κ2) is 4.68. The molecule has 2 heterocycles. The molecule has 0 amide bonds. The van der Waals surface area contributed by atoms with E-state index < -0.39 is 0 Å². The predicted molar refractivity (Wildman–Crippen MR) is 53.8 cm³/mol. The second-order valence-electron chi connectivity index (χ2n) is 3.09. The van der Waals surface area contributed by atoms with Crippen LogP contribution in [0.3, 0.4) is 0 Å². The Kier molecular flexibility index (Phi) is 3.07. The topological polar surface area (TPSA) is 48.4 Å². The Morgan fingerprint density at radius 2 is 2.33 bits per heavy atom. The number of furan rings is 1. The number of hydrogen-bond acceptors (Lipinski definition) is 4. The van der Waals surface area contributed by atoms with Gasteiger partial charge in [0.1, 0.15) is 12.0 Å². The van der Waals surface area contributed by atoms with Crippen LogP contribution in [0.15, 0.2) is 33.4 Å². The molecule has 0 N–H and O–H groups in total. The maximum absolute atomic E-state index is 5.35. The first-order valence-electron chi connectivity index (χ1n) is 4.98. The number of ether oxygens (including phenoxy) is 1. The summed E-state index contributed by atoms with van der Waals surface area (Å²) in [6.07, 6.45) is 4.77. The highest BCUT2D eigenvalue weighted by Gasteiger charge is 2.05. The summed E-state index contributed by atoms with van der Waals surface area (Å²) in [5.41, 5.74) is 0. The summed E-state index contributed by atoms with van der Waals surface area (Å²) in [5.74, 6) is 2.09. The van der Waals surface area contributed by atoms with Crippen molar-refractivity contribution in [1.82, 2.24) is 4.98 Å². The molecule has 0 aliphatic heterocycles. The molecule has 0 saturated carbocycles. The lowest BCUT2D eigenvalue weighted by atomic mass is 10.2. The molecule has 0 spiro atoms. The molecule has 0 atom stereocenters. The number of nitrogens with zero attached hydrogens (tertiary/aromatic N) is 1. The van der Waals surface area contributed by atoms with E-state index >= 15 is 0 Å². The molecule has 0 aliphatic rings. The number of aromatic nitrogens is 1. The Balaban J connectivity index is 1.88. The van der Waals surface area contributed by atoms with Gasteiger partial charge in [-0.1, -0.05) is 0 Å². The van der Waals surface area contributed by atoms with Gasteiger partial charge in [-0.3, -0.25) is 0 Å². The van der Waals surface area contributed by atoms with Crippen LogP contribution in [-0.4, -0.2) is 11.6 Å². The van der Waals surface area contributed by atoms with Gasteiger partial charge in [0, 0.05) is 12.8 Å². The van der Waals surface area contributed by atoms with Crippen molar-refractivity contribution in [3.05, 3.63) is 36.2 Å². The average molecular weight is 207 g/mol. The van der Waals surface area contributed by atoms with Crippen molar-refractivity contribution in [2.45, 2.75) is 19.8 Å². The van der Waals surface area contributed by atoms with Crippen molar-refractivity contribution in [2.24, 2.45) is 0 Å². The zero-order chi connectivity index (χ0) is 10.5. The van der Waals surface area contributed by atoms with Crippen molar-refractivity contribution < 1.29 is 13.6 Å². The number of oxazole rings is 1. The summed E-state index contributed by atoms with van der Waals surface area (Å²) in [5, 5.41) is 0. The fourth-order valence-electron chi connectivity index (χ4n) is 1.30. The van der Waals surface area contributed by atoms with Crippen molar-refractivity contribution in [3.63, 3.8) is 0 Å². The van der Waals surface area contributed by atoms with E-state index in [2.05, 4.69) is 4.98 Å². The van der Waals surface area contributed by atoms with Gasteiger partial charge in [0.2, 0.25) is 0 Å². The van der Waals surface area contributed by atoms with Crippen LogP contribution in [-0.2, 0) is 12.8 Å². The van der Waals surface area contributed by atoms with Crippen molar-refractivity contribution in [3.8, 4) is 5.95 Å². The van der Waals surface area contributed by atoms with E-state index in [1.54, 1.807) is 12.5 Å². The van der Waals surface area contributed by atoms with Crippen LogP contribution in [0.5, 0.6) is 5.95 Å². The van der Waals surface area contributed by atoms with E-state index in [1.165, 1.54) is 0 Å². The standard InChI is InChI=1S/C11H13NO3/c1-2-13-11-8-12-10(15-11)6-5-9-4-3-7-14-9/h3-4,7-8H,2,5-6H2,1H3. The van der Waals surface area contributed by atoms with Gasteiger partial charge in [-0.15, -0.1) is 0 Å². The summed E-state index contributed by atoms with van der Waals surface area (Å²) < 4.78 is 15.7. The van der Waals surface area contributed by atoms with Crippen LogP contribution < -0.4 is 4.74 Å². The minimum Gasteiger partial charge on any atom is -0.469 e. The second-order valence-corrected chi connectivity index (χ2v) is 3.09. The quantitative estimate of drug-likeness (QED) is 0.755. The van der Waals surface area contributed by atoms with Crippen molar-refractivity contribution in [1.29, 1.82) is 0 Å². The van der Waals surface area contributed by atoms with Gasteiger partial charge < -0.3 is 13.6 Å². The van der Waals surface area contributed by atoms with E-state index in [9.17, 15) is 0 Å². The summed E-state index contributed by atoms with van der Waals surface area (Å²) in [4.78, 5) is 4.10. The molecule has 0 fully saturated rings. The van der Waals surface area contributed by atoms with Gasteiger partial charge in [0.25, 0.3) is 0 Å². The molecule has 0 unspecified atom stereocenters. The molecule has 15 heavy (non-hydrogen) atoms. The predicted octanol–water partition coefficient (Wildman–Crippen LogP) is 2.45. The molecular formula is C11H13NO3. The van der Waals surface area contributed by atoms with E-state index in [0.717, 1.165) is 18.6 Å². The molecule has 0 bridgehead atoms. The monoisotopic (exact) mass is 207 g/mol. The molecule has 4 heteroatoms. The molecule has 2 aromatic heterocycles. The smallest absolute Gasteiger partial charge is 0.305 e. The fraction of sp³-hybridized carbons (Fsp3) is 0.364. The molecule has 80 valence electrons. The Bertz CT molecular complexity index is 392. The highest BCUT2D eigenvalue weighted by atomic mass is 16.6. The maximum atomic E-state index is 5.35. The minimum absolute atomic E-state index is 0.479. The zero-order valence-corrected chi connectivity index (χ0v) is 8.60. The Morgan fingerprint density at radius 3 is 3.07 bits per heavy atom. The zero-order valence-electron chi connectivity index (χ0n) is 8.60. The van der Waals surface area contributed by atoms with E-state index in [1.807, 2.05) is 19.1 Å². The number of hydrogen-bond donors (Lipinski definition) is 0. The average Bonchev–Trinajstić information content (AvgIpc) is 2.85. The van der Waals surface area contributed by atoms with Crippen LogP contribution in [0.2, 0.25) is 0 Å². The highest BCUT2D eigenvalue weighted by Crippen LogP contribution is 2.14. The van der Waals surface area contributed by atoms with Crippen LogP contribution in [0.25, 0.3) is 0 Å². The molecule has 0 radical (unpaired) electrons. The molecule has 2 rings (SSSR count). The van der Waals surface area contributed by atoms with Crippen LogP contribution in [0, 0.1) is 0 Å². The Labute approximate surface area is 87.9 Å². The lowest BCUT2D eigenvalue weighted by Crippen LogP contribution is -1.90. The first-order valence-corrected chi connectivity index (χ1v) is 4.98. The summed E-state index contributed by atoms with van der Waals surface area (Å²) >= 11 is 0. The normalized spacial score (nSPS) is 10.5. The van der Waals surface area contributed by atoms with Gasteiger partial charge in [0.15, 0.2) is 5.89 Å². The van der Waals surface area contributed by atoms with Gasteiger partial charge >= 0.3 is 5.95 Å². The highest BCUT2D eigenvalue weighted by molar-refractivity contribution is 5.03. The maximum Gasteiger partial charge on any atom is 0.305 e. The van der Waals surface area contributed by atoms with E-state index in [0.29, 0.717) is 18.4 Å². The van der Waals surface area contributed by atoms with Crippen LogP contribution >= 0.6 is 0 Å². The molecule has 0 aromatic carbocycles. The van der Waals surface area contributed by atoms with Gasteiger partial charge in [-0.05, 0) is 19.1 Å². The summed E-state index contributed by atoms with van der Waals surface area (Å²) in [6, 6.07) is 3.81. The number of aryl methyl sites for hydroxylation is 2. The molecule has 0 aliphatic carbocycles. The van der Waals surface area contributed by atoms with Gasteiger partial charge in [-0.2, -0.15) is 0 Å². The first kappa shape index (κ1) is 9.83. The van der Waals surface area contributed by atoms with Gasteiger partial charge in [-0.25, -0.2) is 4.98 Å². The Morgan fingerprint density at radius 1 is 1.40 bits per heavy atom. The van der Waals surface area contributed by atoms with E-state index in [4.69, 9.17) is 13.6 Å². The molecule has 2 aromatic rings. The lowest BCUT2D eigenvalue weighted by molar-refractivity contribution is 0.249. The largest absolute Gasteiger partial charge is 0.469 e. The van der Waals surface area contributed by atoms with Crippen LogP contribution in [0.1, 0.15) is 18.6 Å². The fourth-order valence-corrected chi connectivity index (χ4v) is 1.30. The van der Waals surface area contributed by atoms with Crippen molar-refractivity contribution in [2.75, 3.05) is 6.61 Å². The Hall–Kier alpha value is -1.71.